The normalized spacial score (nSPS) is 10.3. The number of ether oxygens (including phenoxy) is 1. The van der Waals surface area contributed by atoms with Crippen LogP contribution in [0.2, 0.25) is 0 Å². The maximum absolute atomic E-state index is 12.2. The van der Waals surface area contributed by atoms with Crippen LogP contribution in [0.25, 0.3) is 0 Å². The van der Waals surface area contributed by atoms with Crippen LogP contribution >= 0.6 is 11.3 Å². The molecule has 2 aromatic heterocycles. The van der Waals surface area contributed by atoms with Crippen molar-refractivity contribution in [3.63, 3.8) is 0 Å². The van der Waals surface area contributed by atoms with Gasteiger partial charge in [0.2, 0.25) is 0 Å². The number of benzene rings is 1. The second kappa shape index (κ2) is 8.20. The summed E-state index contributed by atoms with van der Waals surface area (Å²) in [4.78, 5) is 24.3. The molecule has 0 unspecified atom stereocenters. The van der Waals surface area contributed by atoms with E-state index in [1.54, 1.807) is 24.8 Å². The largest absolute Gasteiger partial charge is 0.497 e. The molecule has 3 aromatic rings. The average Bonchev–Trinajstić information content (AvgIpc) is 3.12. The molecule has 0 aliphatic rings. The predicted molar refractivity (Wildman–Crippen MR) is 96.5 cm³/mol. The minimum absolute atomic E-state index is 0.194. The van der Waals surface area contributed by atoms with Gasteiger partial charge in [0.1, 0.15) is 23.6 Å². The Morgan fingerprint density at radius 2 is 2.08 bits per heavy atom. The molecule has 0 fully saturated rings. The molecule has 1 aromatic carbocycles. The van der Waals surface area contributed by atoms with E-state index in [4.69, 9.17) is 4.74 Å². The van der Waals surface area contributed by atoms with Crippen LogP contribution in [0.5, 0.6) is 5.75 Å². The van der Waals surface area contributed by atoms with Crippen LogP contribution in [0.15, 0.2) is 48.2 Å². The number of hydrogen-bond donors (Lipinski definition) is 2. The molecule has 8 heteroatoms. The summed E-state index contributed by atoms with van der Waals surface area (Å²) in [5.74, 6) is 1.26. The summed E-state index contributed by atoms with van der Waals surface area (Å²) in [7, 11) is 1.64. The molecule has 25 heavy (non-hydrogen) atoms. The highest BCUT2D eigenvalue weighted by Crippen LogP contribution is 2.19. The number of aromatic nitrogens is 3. The fourth-order valence-corrected chi connectivity index (χ4v) is 2.81. The molecule has 3 rings (SSSR count). The van der Waals surface area contributed by atoms with Gasteiger partial charge >= 0.3 is 0 Å². The van der Waals surface area contributed by atoms with Crippen molar-refractivity contribution in [3.8, 4) is 5.75 Å². The highest BCUT2D eigenvalue weighted by Gasteiger charge is 2.10. The van der Waals surface area contributed by atoms with Gasteiger partial charge in [-0.25, -0.2) is 15.0 Å². The molecular weight excluding hydrogens is 338 g/mol. The number of carbonyl (C=O) groups is 1. The zero-order valence-electron chi connectivity index (χ0n) is 13.6. The lowest BCUT2D eigenvalue weighted by molar-refractivity contribution is 0.0950. The Bertz CT molecular complexity index is 821. The molecule has 0 spiro atoms. The van der Waals surface area contributed by atoms with Crippen molar-refractivity contribution < 1.29 is 9.53 Å². The first-order chi connectivity index (χ1) is 12.2. The second-order valence-corrected chi connectivity index (χ2v) is 5.97. The SMILES string of the molecule is COc1ccc(CCNC(=O)c2csc(Nc3ccncn3)n2)cc1. The third-order valence-corrected chi connectivity index (χ3v) is 4.17. The van der Waals surface area contributed by atoms with Gasteiger partial charge in [-0.2, -0.15) is 0 Å². The summed E-state index contributed by atoms with van der Waals surface area (Å²) in [5.41, 5.74) is 1.52. The molecule has 0 radical (unpaired) electrons. The maximum Gasteiger partial charge on any atom is 0.270 e. The molecule has 0 saturated carbocycles. The standard InChI is InChI=1S/C17H17N5O2S/c1-24-13-4-2-12(3-5-13)6-9-19-16(23)14-10-25-17(21-14)22-15-7-8-18-11-20-15/h2-5,7-8,10-11H,6,9H2,1H3,(H,19,23)(H,18,20,21,22). The van der Waals surface area contributed by atoms with Crippen molar-refractivity contribution in [2.24, 2.45) is 0 Å². The summed E-state index contributed by atoms with van der Waals surface area (Å²) in [5, 5.41) is 8.23. The first-order valence-corrected chi connectivity index (χ1v) is 8.52. The van der Waals surface area contributed by atoms with Crippen molar-refractivity contribution in [2.75, 3.05) is 19.0 Å². The Morgan fingerprint density at radius 1 is 1.24 bits per heavy atom. The van der Waals surface area contributed by atoms with Gasteiger partial charge in [-0.05, 0) is 30.2 Å². The number of anilines is 2. The number of methoxy groups -OCH3 is 1. The number of amides is 1. The zero-order chi connectivity index (χ0) is 17.5. The van der Waals surface area contributed by atoms with Crippen LogP contribution in [0, 0.1) is 0 Å². The topological polar surface area (TPSA) is 89.0 Å². The van der Waals surface area contributed by atoms with E-state index in [9.17, 15) is 4.79 Å². The van der Waals surface area contributed by atoms with E-state index in [0.717, 1.165) is 17.7 Å². The Labute approximate surface area is 149 Å². The lowest BCUT2D eigenvalue weighted by Gasteiger charge is -2.05. The number of nitrogens with one attached hydrogen (secondary N) is 2. The number of nitrogens with zero attached hydrogens (tertiary/aromatic N) is 3. The number of hydrogen-bond acceptors (Lipinski definition) is 7. The molecule has 2 N–H and O–H groups in total. The molecule has 2 heterocycles. The van der Waals surface area contributed by atoms with E-state index >= 15 is 0 Å². The molecule has 128 valence electrons. The smallest absolute Gasteiger partial charge is 0.270 e. The molecule has 0 aliphatic carbocycles. The van der Waals surface area contributed by atoms with E-state index in [2.05, 4.69) is 25.6 Å². The van der Waals surface area contributed by atoms with Gasteiger partial charge in [0.05, 0.1) is 7.11 Å². The minimum Gasteiger partial charge on any atom is -0.497 e. The van der Waals surface area contributed by atoms with Crippen LogP contribution in [0.1, 0.15) is 16.1 Å². The third kappa shape index (κ3) is 4.74. The molecule has 0 atom stereocenters. The van der Waals surface area contributed by atoms with Crippen LogP contribution in [-0.2, 0) is 6.42 Å². The minimum atomic E-state index is -0.194. The summed E-state index contributed by atoms with van der Waals surface area (Å²) in [6.07, 6.45) is 3.82. The zero-order valence-corrected chi connectivity index (χ0v) is 14.4. The van der Waals surface area contributed by atoms with Gasteiger partial charge in [0.15, 0.2) is 5.13 Å². The first-order valence-electron chi connectivity index (χ1n) is 7.64. The molecule has 1 amide bonds. The van der Waals surface area contributed by atoms with Gasteiger partial charge in [0.25, 0.3) is 5.91 Å². The Morgan fingerprint density at radius 3 is 2.80 bits per heavy atom. The summed E-state index contributed by atoms with van der Waals surface area (Å²) in [6.45, 7) is 0.539. The fraction of sp³-hybridized carbons (Fsp3) is 0.176. The highest BCUT2D eigenvalue weighted by atomic mass is 32.1. The lowest BCUT2D eigenvalue weighted by atomic mass is 10.1. The second-order valence-electron chi connectivity index (χ2n) is 5.11. The Kier molecular flexibility index (Phi) is 5.53. The van der Waals surface area contributed by atoms with Crippen molar-refractivity contribution in [1.29, 1.82) is 0 Å². The van der Waals surface area contributed by atoms with Gasteiger partial charge in [-0.3, -0.25) is 4.79 Å². The molecule has 7 nitrogen and oxygen atoms in total. The molecule has 0 bridgehead atoms. The number of carbonyl (C=O) groups excluding carboxylic acids is 1. The van der Waals surface area contributed by atoms with Crippen molar-refractivity contribution in [1.82, 2.24) is 20.3 Å². The summed E-state index contributed by atoms with van der Waals surface area (Å²) < 4.78 is 5.12. The van der Waals surface area contributed by atoms with Gasteiger partial charge in [-0.1, -0.05) is 12.1 Å². The fourth-order valence-electron chi connectivity index (χ4n) is 2.11. The number of rotatable bonds is 7. The summed E-state index contributed by atoms with van der Waals surface area (Å²) >= 11 is 1.35. The number of thiazole rings is 1. The van der Waals surface area contributed by atoms with Crippen molar-refractivity contribution >= 4 is 28.2 Å². The van der Waals surface area contributed by atoms with E-state index in [1.807, 2.05) is 24.3 Å². The molecule has 0 aliphatic heterocycles. The van der Waals surface area contributed by atoms with Crippen LogP contribution in [0.4, 0.5) is 10.9 Å². The van der Waals surface area contributed by atoms with Gasteiger partial charge in [0, 0.05) is 18.1 Å². The first kappa shape index (κ1) is 16.8. The summed E-state index contributed by atoms with van der Waals surface area (Å²) in [6, 6.07) is 9.51. The Balaban J connectivity index is 1.49. The van der Waals surface area contributed by atoms with E-state index in [1.165, 1.54) is 17.7 Å². The molecular formula is C17H17N5O2S. The highest BCUT2D eigenvalue weighted by molar-refractivity contribution is 7.14. The van der Waals surface area contributed by atoms with E-state index in [0.29, 0.717) is 23.2 Å². The van der Waals surface area contributed by atoms with Crippen LogP contribution in [0.3, 0.4) is 0 Å². The monoisotopic (exact) mass is 355 g/mol. The van der Waals surface area contributed by atoms with Gasteiger partial charge < -0.3 is 15.4 Å². The molecule has 0 saturated heterocycles. The van der Waals surface area contributed by atoms with E-state index in [-0.39, 0.29) is 5.91 Å². The average molecular weight is 355 g/mol. The Hall–Kier alpha value is -3.00. The quantitative estimate of drug-likeness (QED) is 0.677. The third-order valence-electron chi connectivity index (χ3n) is 3.41. The van der Waals surface area contributed by atoms with Crippen molar-refractivity contribution in [2.45, 2.75) is 6.42 Å². The van der Waals surface area contributed by atoms with Crippen molar-refractivity contribution in [3.05, 3.63) is 59.5 Å². The lowest BCUT2D eigenvalue weighted by Crippen LogP contribution is -2.25. The maximum atomic E-state index is 12.2. The van der Waals surface area contributed by atoms with Gasteiger partial charge in [-0.15, -0.1) is 11.3 Å². The van der Waals surface area contributed by atoms with Crippen LogP contribution < -0.4 is 15.4 Å². The van der Waals surface area contributed by atoms with Crippen LogP contribution in [-0.4, -0.2) is 34.5 Å². The van der Waals surface area contributed by atoms with E-state index < -0.39 is 0 Å². The predicted octanol–water partition coefficient (Wildman–Crippen LogP) is 2.66.